The van der Waals surface area contributed by atoms with Crippen molar-refractivity contribution in [3.63, 3.8) is 0 Å². The summed E-state index contributed by atoms with van der Waals surface area (Å²) in [4.78, 5) is 25.5. The van der Waals surface area contributed by atoms with Crippen molar-refractivity contribution in [3.8, 4) is 5.88 Å². The monoisotopic (exact) mass is 471 g/mol. The van der Waals surface area contributed by atoms with Crippen LogP contribution in [0.4, 0.5) is 10.1 Å². The number of carbonyl (C=O) groups is 1. The number of methoxy groups -OCH3 is 1. The molecule has 0 unspecified atom stereocenters. The van der Waals surface area contributed by atoms with Crippen molar-refractivity contribution in [2.75, 3.05) is 19.0 Å². The van der Waals surface area contributed by atoms with Gasteiger partial charge in [-0.05, 0) is 38.5 Å². The standard InChI is InChI=1S/C23H26FN5O3S/c1-5-13(2)32-19-11-26-17(10-27-19)20(30)28-14-6-7-16(24)15(8-14)22(3)18-9-23(18,12-31-4)33-21(25)29-22/h5-8,10-11,13,18H,1,9,12H2,2-4H3,(H2,25,29)(H,28,30)/t13-,18+,22-,23-/m1/s1. The molecule has 8 nitrogen and oxygen atoms in total. The number of fused-ring (bicyclic) bond motifs is 1. The zero-order chi connectivity index (χ0) is 23.8. The summed E-state index contributed by atoms with van der Waals surface area (Å²) in [6, 6.07) is 4.42. The number of hydrogen-bond acceptors (Lipinski definition) is 8. The number of aromatic nitrogens is 2. The average molecular weight is 472 g/mol. The number of amidine groups is 1. The number of nitrogens with two attached hydrogens (primary N) is 1. The fourth-order valence-corrected chi connectivity index (χ4v) is 5.70. The number of halogens is 1. The highest BCUT2D eigenvalue weighted by Crippen LogP contribution is 2.66. The Hall–Kier alpha value is -2.98. The van der Waals surface area contributed by atoms with Gasteiger partial charge in [-0.25, -0.2) is 14.4 Å². The summed E-state index contributed by atoms with van der Waals surface area (Å²) < 4.78 is 25.6. The van der Waals surface area contributed by atoms with Gasteiger partial charge in [-0.15, -0.1) is 0 Å². The molecule has 1 aliphatic carbocycles. The summed E-state index contributed by atoms with van der Waals surface area (Å²) in [6.45, 7) is 7.84. The third-order valence-corrected chi connectivity index (χ3v) is 7.29. The van der Waals surface area contributed by atoms with Crippen LogP contribution in [0.15, 0.2) is 48.2 Å². The Morgan fingerprint density at radius 2 is 2.24 bits per heavy atom. The van der Waals surface area contributed by atoms with E-state index in [0.717, 1.165) is 6.42 Å². The molecule has 10 heteroatoms. The lowest BCUT2D eigenvalue weighted by Gasteiger charge is -2.34. The van der Waals surface area contributed by atoms with Crippen LogP contribution in [-0.4, -0.2) is 45.6 Å². The number of anilines is 1. The van der Waals surface area contributed by atoms with Gasteiger partial charge in [0.05, 0.1) is 29.3 Å². The number of aliphatic imine (C=N–C) groups is 1. The lowest BCUT2D eigenvalue weighted by molar-refractivity contribution is 0.102. The van der Waals surface area contributed by atoms with Crippen LogP contribution >= 0.6 is 11.8 Å². The topological polar surface area (TPSA) is 112 Å². The van der Waals surface area contributed by atoms with Gasteiger partial charge >= 0.3 is 0 Å². The van der Waals surface area contributed by atoms with Gasteiger partial charge in [0, 0.05) is 24.3 Å². The molecular weight excluding hydrogens is 445 g/mol. The maximum atomic E-state index is 15.0. The predicted octanol–water partition coefficient (Wildman–Crippen LogP) is 3.50. The molecule has 0 saturated heterocycles. The number of benzene rings is 1. The second-order valence-corrected chi connectivity index (χ2v) is 9.84. The predicted molar refractivity (Wildman–Crippen MR) is 126 cm³/mol. The van der Waals surface area contributed by atoms with E-state index >= 15 is 0 Å². The van der Waals surface area contributed by atoms with Crippen molar-refractivity contribution in [2.45, 2.75) is 36.7 Å². The fraction of sp³-hybridized carbons (Fsp3) is 0.391. The molecule has 0 spiro atoms. The van der Waals surface area contributed by atoms with E-state index in [2.05, 4.69) is 26.9 Å². The summed E-state index contributed by atoms with van der Waals surface area (Å²) in [5.41, 5.74) is 6.15. The van der Waals surface area contributed by atoms with Crippen molar-refractivity contribution in [1.29, 1.82) is 0 Å². The van der Waals surface area contributed by atoms with Crippen LogP contribution < -0.4 is 15.8 Å². The molecule has 1 fully saturated rings. The van der Waals surface area contributed by atoms with Gasteiger partial charge in [0.25, 0.3) is 5.91 Å². The van der Waals surface area contributed by atoms with Crippen LogP contribution in [0.3, 0.4) is 0 Å². The first kappa shape index (κ1) is 23.2. The highest BCUT2D eigenvalue weighted by Gasteiger charge is 2.66. The van der Waals surface area contributed by atoms with Crippen LogP contribution in [0, 0.1) is 11.7 Å². The second kappa shape index (κ2) is 8.75. The highest BCUT2D eigenvalue weighted by molar-refractivity contribution is 8.15. The van der Waals surface area contributed by atoms with Crippen molar-refractivity contribution in [1.82, 2.24) is 9.97 Å². The zero-order valence-electron chi connectivity index (χ0n) is 18.7. The lowest BCUT2D eigenvalue weighted by Crippen LogP contribution is -2.37. The molecule has 4 atom stereocenters. The second-order valence-electron chi connectivity index (χ2n) is 8.40. The van der Waals surface area contributed by atoms with Gasteiger partial charge in [0.2, 0.25) is 5.88 Å². The van der Waals surface area contributed by atoms with E-state index in [-0.39, 0.29) is 28.3 Å². The van der Waals surface area contributed by atoms with E-state index < -0.39 is 17.3 Å². The number of carbonyl (C=O) groups excluding carboxylic acids is 1. The molecule has 1 aromatic heterocycles. The molecular formula is C23H26FN5O3S. The lowest BCUT2D eigenvalue weighted by atomic mass is 9.85. The smallest absolute Gasteiger partial charge is 0.275 e. The maximum absolute atomic E-state index is 15.0. The number of hydrogen-bond donors (Lipinski definition) is 2. The first-order valence-corrected chi connectivity index (χ1v) is 11.3. The third-order valence-electron chi connectivity index (χ3n) is 6.01. The molecule has 1 amide bonds. The Morgan fingerprint density at radius 3 is 2.91 bits per heavy atom. The molecule has 0 bridgehead atoms. The molecule has 0 radical (unpaired) electrons. The minimum absolute atomic E-state index is 0.0686. The number of thioether (sulfide) groups is 1. The molecule has 33 heavy (non-hydrogen) atoms. The quantitative estimate of drug-likeness (QED) is 0.567. The van der Waals surface area contributed by atoms with Crippen LogP contribution in [0.25, 0.3) is 0 Å². The number of rotatable bonds is 8. The first-order valence-electron chi connectivity index (χ1n) is 10.5. The molecule has 2 aromatic rings. The number of ether oxygens (including phenoxy) is 2. The molecule has 3 N–H and O–H groups in total. The summed E-state index contributed by atoms with van der Waals surface area (Å²) in [6.07, 6.45) is 4.89. The van der Waals surface area contributed by atoms with Crippen molar-refractivity contribution < 1.29 is 18.7 Å². The Morgan fingerprint density at radius 1 is 1.45 bits per heavy atom. The minimum Gasteiger partial charge on any atom is -0.469 e. The van der Waals surface area contributed by atoms with Crippen molar-refractivity contribution in [2.24, 2.45) is 16.6 Å². The Kier molecular flexibility index (Phi) is 6.15. The van der Waals surface area contributed by atoms with E-state index in [9.17, 15) is 9.18 Å². The highest BCUT2D eigenvalue weighted by atomic mass is 32.2. The van der Waals surface area contributed by atoms with Crippen molar-refractivity contribution in [3.05, 3.63) is 60.3 Å². The Balaban J connectivity index is 1.55. The third kappa shape index (κ3) is 4.45. The molecule has 1 saturated carbocycles. The zero-order valence-corrected chi connectivity index (χ0v) is 19.5. The summed E-state index contributed by atoms with van der Waals surface area (Å²) in [5.74, 6) is -0.532. The van der Waals surface area contributed by atoms with E-state index in [4.69, 9.17) is 15.2 Å². The molecule has 2 aliphatic rings. The van der Waals surface area contributed by atoms with Gasteiger partial charge in [0.15, 0.2) is 5.17 Å². The van der Waals surface area contributed by atoms with Gasteiger partial charge in [-0.3, -0.25) is 9.79 Å². The minimum atomic E-state index is -0.862. The van der Waals surface area contributed by atoms with Gasteiger partial charge < -0.3 is 20.5 Å². The SMILES string of the molecule is C=C[C@@H](C)Oc1cnc(C(=O)Nc2ccc(F)c([C@@]3(C)N=C(N)S[C@@]4(COC)C[C@H]43)c2)cn1. The normalized spacial score (nSPS) is 26.5. The molecule has 174 valence electrons. The first-order chi connectivity index (χ1) is 15.7. The van der Waals surface area contributed by atoms with E-state index in [1.807, 2.05) is 13.8 Å². The van der Waals surface area contributed by atoms with E-state index in [0.29, 0.717) is 23.0 Å². The average Bonchev–Trinajstić information content (AvgIpc) is 3.50. The molecule has 2 heterocycles. The number of nitrogens with one attached hydrogen (secondary N) is 1. The maximum Gasteiger partial charge on any atom is 0.275 e. The Bertz CT molecular complexity index is 1110. The van der Waals surface area contributed by atoms with E-state index in [1.165, 1.54) is 36.3 Å². The van der Waals surface area contributed by atoms with Crippen LogP contribution in [0.1, 0.15) is 36.3 Å². The summed E-state index contributed by atoms with van der Waals surface area (Å²) in [7, 11) is 1.64. The number of nitrogens with zero attached hydrogens (tertiary/aromatic N) is 3. The number of amides is 1. The molecule has 1 aromatic carbocycles. The van der Waals surface area contributed by atoms with Gasteiger partial charge in [0.1, 0.15) is 17.6 Å². The molecule has 4 rings (SSSR count). The largest absolute Gasteiger partial charge is 0.469 e. The summed E-state index contributed by atoms with van der Waals surface area (Å²) in [5, 5.41) is 3.16. The van der Waals surface area contributed by atoms with Gasteiger partial charge in [-0.1, -0.05) is 24.4 Å². The fourth-order valence-electron chi connectivity index (χ4n) is 4.25. The summed E-state index contributed by atoms with van der Waals surface area (Å²) >= 11 is 1.49. The Labute approximate surface area is 195 Å². The van der Waals surface area contributed by atoms with E-state index in [1.54, 1.807) is 19.3 Å². The van der Waals surface area contributed by atoms with Gasteiger partial charge in [-0.2, -0.15) is 0 Å². The van der Waals surface area contributed by atoms with Crippen LogP contribution in [-0.2, 0) is 10.3 Å². The van der Waals surface area contributed by atoms with Crippen molar-refractivity contribution >= 4 is 28.5 Å². The molecule has 1 aliphatic heterocycles. The van der Waals surface area contributed by atoms with Crippen LogP contribution in [0.2, 0.25) is 0 Å². The van der Waals surface area contributed by atoms with Crippen LogP contribution in [0.5, 0.6) is 5.88 Å².